The topological polar surface area (TPSA) is 121 Å². The third-order valence-corrected chi connectivity index (χ3v) is 20.3. The number of imidazole rings is 2. The molecule has 4 N–H and O–H groups in total. The van der Waals surface area contributed by atoms with Gasteiger partial charge in [-0.2, -0.15) is 0 Å². The van der Waals surface area contributed by atoms with E-state index >= 15 is 9.59 Å². The van der Waals surface area contributed by atoms with Crippen LogP contribution < -0.4 is 22.6 Å². The molecule has 0 aliphatic heterocycles. The fourth-order valence-corrected chi connectivity index (χ4v) is 15.2. The van der Waals surface area contributed by atoms with Crippen LogP contribution in [0.1, 0.15) is 270 Å². The van der Waals surface area contributed by atoms with Gasteiger partial charge in [-0.05, 0) is 107 Å². The van der Waals surface area contributed by atoms with Crippen molar-refractivity contribution in [2.45, 2.75) is 259 Å². The summed E-state index contributed by atoms with van der Waals surface area (Å²) >= 11 is 0. The Morgan fingerprint density at radius 3 is 0.900 bits per heavy atom. The van der Waals surface area contributed by atoms with Gasteiger partial charge >= 0.3 is 0 Å². The van der Waals surface area contributed by atoms with E-state index in [4.69, 9.17) is 21.4 Å². The first-order valence-corrected chi connectivity index (χ1v) is 36.2. The zero-order valence-corrected chi connectivity index (χ0v) is 55.3. The number of rotatable bonds is 36. The van der Waals surface area contributed by atoms with Crippen molar-refractivity contribution in [1.29, 1.82) is 0 Å². The molecule has 2 atom stereocenters. The number of anilines is 2. The predicted molar refractivity (Wildman–Crippen MR) is 389 cm³/mol. The van der Waals surface area contributed by atoms with E-state index in [1.54, 1.807) is 8.80 Å². The molecule has 0 saturated heterocycles. The van der Waals surface area contributed by atoms with Gasteiger partial charge in [-0.25, -0.2) is 9.97 Å². The first-order chi connectivity index (χ1) is 44.2. The minimum Gasteiger partial charge on any atom is -0.397 e. The Balaban J connectivity index is 0.898. The zero-order valence-electron chi connectivity index (χ0n) is 55.3. The van der Waals surface area contributed by atoms with Crippen molar-refractivity contribution in [2.75, 3.05) is 11.5 Å². The molecule has 8 nitrogen and oxygen atoms in total. The molecule has 0 bridgehead atoms. The number of nitrogens with zero attached hydrogens (tertiary/aromatic N) is 4. The molecular weight excluding hydrogens is 1100 g/mol. The van der Waals surface area contributed by atoms with Gasteiger partial charge in [0, 0.05) is 55.3 Å². The quantitative estimate of drug-likeness (QED) is 0.0133. The number of benzene rings is 7. The number of aromatic nitrogens is 4. The summed E-state index contributed by atoms with van der Waals surface area (Å²) < 4.78 is 3.54. The molecular formula is C82H102N6O2. The summed E-state index contributed by atoms with van der Waals surface area (Å²) in [6.07, 6.45) is 46.3. The summed E-state index contributed by atoms with van der Waals surface area (Å²) in [4.78, 5) is 40.7. The Kier molecular flexibility index (Phi) is 22.3. The number of nitrogen functional groups attached to an aromatic ring is 2. The molecule has 7 aromatic carbocycles. The minimum atomic E-state index is -0.124. The lowest BCUT2D eigenvalue weighted by atomic mass is 9.86. The Labute approximate surface area is 535 Å². The van der Waals surface area contributed by atoms with Gasteiger partial charge in [0.1, 0.15) is 22.3 Å². The van der Waals surface area contributed by atoms with Crippen molar-refractivity contribution in [1.82, 2.24) is 18.8 Å². The fourth-order valence-electron chi connectivity index (χ4n) is 15.2. The van der Waals surface area contributed by atoms with Crippen LogP contribution in [0.3, 0.4) is 0 Å². The molecule has 4 heterocycles. The van der Waals surface area contributed by atoms with Crippen LogP contribution in [0.25, 0.3) is 98.0 Å². The van der Waals surface area contributed by atoms with Gasteiger partial charge in [0.25, 0.3) is 11.1 Å². The predicted octanol–water partition coefficient (Wildman–Crippen LogP) is 22.5. The first-order valence-electron chi connectivity index (χ1n) is 36.2. The normalized spacial score (nSPS) is 12.8. The van der Waals surface area contributed by atoms with Crippen molar-refractivity contribution < 1.29 is 0 Å². The van der Waals surface area contributed by atoms with Gasteiger partial charge in [0.2, 0.25) is 0 Å². The number of hydrogen-bond acceptors (Lipinski definition) is 6. The Morgan fingerprint density at radius 1 is 0.344 bits per heavy atom. The average Bonchev–Trinajstić information content (AvgIpc) is 1.18. The van der Waals surface area contributed by atoms with Crippen LogP contribution in [-0.2, 0) is 0 Å². The van der Waals surface area contributed by atoms with Crippen LogP contribution in [0.4, 0.5) is 11.4 Å². The van der Waals surface area contributed by atoms with Gasteiger partial charge in [0.05, 0.1) is 22.4 Å². The smallest absolute Gasteiger partial charge is 0.264 e. The lowest BCUT2D eigenvalue weighted by molar-refractivity contribution is 0.472. The number of hydrogen-bond donors (Lipinski definition) is 2. The highest BCUT2D eigenvalue weighted by atomic mass is 16.1. The summed E-state index contributed by atoms with van der Waals surface area (Å²) in [5, 5.41) is 10.9. The Morgan fingerprint density at radius 2 is 0.600 bits per heavy atom. The molecule has 0 saturated carbocycles. The monoisotopic (exact) mass is 1200 g/mol. The van der Waals surface area contributed by atoms with E-state index in [1.807, 2.05) is 36.4 Å². The summed E-state index contributed by atoms with van der Waals surface area (Å²) in [5.74, 6) is 15.3. The maximum atomic E-state index is 15.2. The number of unbranched alkanes of at least 4 members (excludes halogenated alkanes) is 28. The average molecular weight is 1200 g/mol. The van der Waals surface area contributed by atoms with Crippen LogP contribution in [0, 0.1) is 35.5 Å². The molecule has 2 unspecified atom stereocenters. The molecule has 472 valence electrons. The van der Waals surface area contributed by atoms with Crippen molar-refractivity contribution in [3.8, 4) is 23.7 Å². The molecule has 11 aromatic rings. The highest BCUT2D eigenvalue weighted by molar-refractivity contribution is 6.40. The third-order valence-electron chi connectivity index (χ3n) is 20.3. The van der Waals surface area contributed by atoms with Crippen molar-refractivity contribution >= 4 is 109 Å². The van der Waals surface area contributed by atoms with Crippen molar-refractivity contribution in [2.24, 2.45) is 11.8 Å². The second kappa shape index (κ2) is 31.2. The molecule has 0 fully saturated rings. The van der Waals surface area contributed by atoms with Crippen molar-refractivity contribution in [3.63, 3.8) is 0 Å². The molecule has 0 radical (unpaired) electrons. The van der Waals surface area contributed by atoms with Gasteiger partial charge in [-0.1, -0.05) is 281 Å². The third kappa shape index (κ3) is 14.1. The molecule has 11 rings (SSSR count). The first kappa shape index (κ1) is 64.4. The van der Waals surface area contributed by atoms with Crippen LogP contribution >= 0.6 is 0 Å². The zero-order chi connectivity index (χ0) is 62.3. The molecule has 0 aliphatic rings. The van der Waals surface area contributed by atoms with E-state index in [2.05, 4.69) is 87.8 Å². The second-order valence-electron chi connectivity index (χ2n) is 27.1. The van der Waals surface area contributed by atoms with E-state index in [-0.39, 0.29) is 11.1 Å². The summed E-state index contributed by atoms with van der Waals surface area (Å²) in [5.41, 5.74) is 20.1. The standard InChI is InChI=1S/C82H102N6O2/c1-5-9-13-17-21-24-25-28-32-36-40-58(39-35-31-27-23-19-15-11-7-3)42-44-60-54-70(84)78-72(56-60)88-80(86-78)66-50-46-62-63-47-51-67-75-65(49-45-61(73(63)75)64-48-52-68(82(88)90)76(66)74(62)64)79-85-77-69(83)53-59(55-71(77)87(79)81(67)89)43-41-57(37-33-29-20-16-12-8-4)38-34-30-26-22-18-14-10-6-2/h45-58H,5-40,83-84H2,1-4H3. The minimum absolute atomic E-state index is 0.123. The van der Waals surface area contributed by atoms with Crippen LogP contribution in [0.2, 0.25) is 0 Å². The largest absolute Gasteiger partial charge is 0.397 e. The van der Waals surface area contributed by atoms with Gasteiger partial charge in [0.15, 0.2) is 0 Å². The molecule has 90 heavy (non-hydrogen) atoms. The van der Waals surface area contributed by atoms with E-state index in [0.717, 1.165) is 90.7 Å². The fraction of sp³-hybridized carbons (Fsp3) is 0.512. The molecule has 0 aliphatic carbocycles. The number of nitrogens with two attached hydrogens (primary N) is 2. The number of pyridine rings is 2. The molecule has 4 aromatic heterocycles. The summed E-state index contributed by atoms with van der Waals surface area (Å²) in [6, 6.07) is 24.7. The highest BCUT2D eigenvalue weighted by Crippen LogP contribution is 2.46. The van der Waals surface area contributed by atoms with Crippen LogP contribution in [0.5, 0.6) is 0 Å². The molecule has 0 amide bonds. The van der Waals surface area contributed by atoms with Crippen LogP contribution in [-0.4, -0.2) is 18.8 Å². The van der Waals surface area contributed by atoms with E-state index < -0.39 is 0 Å². The van der Waals surface area contributed by atoms with Gasteiger partial charge in [-0.3, -0.25) is 18.4 Å². The lowest BCUT2D eigenvalue weighted by Gasteiger charge is -2.18. The second-order valence-corrected chi connectivity index (χ2v) is 27.1. The van der Waals surface area contributed by atoms with Crippen LogP contribution in [0.15, 0.2) is 82.4 Å². The number of fused-ring (bicyclic) bond motifs is 10. The summed E-state index contributed by atoms with van der Waals surface area (Å²) in [6.45, 7) is 9.13. The highest BCUT2D eigenvalue weighted by Gasteiger charge is 2.25. The van der Waals surface area contributed by atoms with E-state index in [1.165, 1.54) is 205 Å². The summed E-state index contributed by atoms with van der Waals surface area (Å²) in [7, 11) is 0. The van der Waals surface area contributed by atoms with E-state index in [0.29, 0.717) is 67.3 Å². The van der Waals surface area contributed by atoms with E-state index in [9.17, 15) is 0 Å². The van der Waals surface area contributed by atoms with Gasteiger partial charge in [-0.15, -0.1) is 0 Å². The lowest BCUT2D eigenvalue weighted by Crippen LogP contribution is -2.14. The Hall–Kier alpha value is -7.16. The van der Waals surface area contributed by atoms with Crippen molar-refractivity contribution in [3.05, 3.63) is 105 Å². The maximum absolute atomic E-state index is 15.2. The molecule has 8 heteroatoms. The SMILES string of the molecule is CCCCCCCCCCCCC(C#Cc1cc(N)c2nc3c4ccc5c6ccc7c(=O)n8c9cc(C#CC(CCCCCCCC)CCCCCCCCCC)cc(N)c9nc8c8ccc(c9ccc(c(=O)n3c2c1)c4c95)c6c78)CCCCCCCCCC. The van der Waals surface area contributed by atoms with Gasteiger partial charge < -0.3 is 11.5 Å². The maximum Gasteiger partial charge on any atom is 0.264 e. The molecule has 0 spiro atoms. The Bertz CT molecular complexity index is 4430.